The van der Waals surface area contributed by atoms with Gasteiger partial charge in [0, 0.05) is 60.1 Å². The third kappa shape index (κ3) is 3.30. The number of benzene rings is 1. The van der Waals surface area contributed by atoms with E-state index in [9.17, 15) is 4.39 Å². The quantitative estimate of drug-likeness (QED) is 0.498. The topological polar surface area (TPSA) is 48.0 Å². The number of pyridine rings is 2. The molecule has 31 heavy (non-hydrogen) atoms. The van der Waals surface area contributed by atoms with Crippen molar-refractivity contribution in [3.05, 3.63) is 59.7 Å². The van der Waals surface area contributed by atoms with Crippen LogP contribution in [0.15, 0.2) is 42.6 Å². The van der Waals surface area contributed by atoms with Gasteiger partial charge in [0.1, 0.15) is 17.5 Å². The van der Waals surface area contributed by atoms with E-state index < -0.39 is 0 Å². The first-order chi connectivity index (χ1) is 15.1. The van der Waals surface area contributed by atoms with Crippen LogP contribution in [0.3, 0.4) is 0 Å². The standard InChI is InChI=1S/C25H26FN5/c1-16-6-9-30(10-7-16)24-5-2-17-12-25(27-14-23(17)29-24)31-11-8-21-20(15-31)19-4-3-18(26)13-22(19)28-21/h2-5,12-14,16,28H,6-11,15H2,1H3. The number of anilines is 2. The van der Waals surface area contributed by atoms with E-state index in [0.29, 0.717) is 0 Å². The molecule has 1 saturated heterocycles. The maximum atomic E-state index is 13.6. The van der Waals surface area contributed by atoms with Crippen LogP contribution in [0, 0.1) is 11.7 Å². The number of fused-ring (bicyclic) bond motifs is 4. The normalized spacial score (nSPS) is 17.5. The van der Waals surface area contributed by atoms with E-state index in [-0.39, 0.29) is 5.82 Å². The number of H-pyrrole nitrogens is 1. The maximum Gasteiger partial charge on any atom is 0.129 e. The second-order valence-electron chi connectivity index (χ2n) is 9.02. The first-order valence-corrected chi connectivity index (χ1v) is 11.2. The molecule has 0 amide bonds. The third-order valence-corrected chi connectivity index (χ3v) is 6.92. The van der Waals surface area contributed by atoms with Gasteiger partial charge in [-0.25, -0.2) is 14.4 Å². The molecule has 0 bridgehead atoms. The average molecular weight is 416 g/mol. The molecular weight excluding hydrogens is 389 g/mol. The van der Waals surface area contributed by atoms with Crippen molar-refractivity contribution in [1.82, 2.24) is 15.0 Å². The highest BCUT2D eigenvalue weighted by molar-refractivity contribution is 5.86. The molecule has 0 spiro atoms. The highest BCUT2D eigenvalue weighted by Gasteiger charge is 2.22. The second kappa shape index (κ2) is 7.22. The number of nitrogens with zero attached hydrogens (tertiary/aromatic N) is 4. The van der Waals surface area contributed by atoms with Crippen molar-refractivity contribution in [1.29, 1.82) is 0 Å². The molecule has 0 unspecified atom stereocenters. The SMILES string of the molecule is CC1CCN(c2ccc3cc(N4CCc5[nH]c6cc(F)ccc6c5C4)ncc3n2)CC1. The van der Waals surface area contributed by atoms with Gasteiger partial charge in [0.2, 0.25) is 0 Å². The van der Waals surface area contributed by atoms with Crippen molar-refractivity contribution in [3.8, 4) is 0 Å². The van der Waals surface area contributed by atoms with Crippen LogP contribution in [0.1, 0.15) is 31.0 Å². The minimum Gasteiger partial charge on any atom is -0.358 e. The molecule has 2 aliphatic heterocycles. The number of nitrogens with one attached hydrogen (secondary N) is 1. The molecule has 158 valence electrons. The summed E-state index contributed by atoms with van der Waals surface area (Å²) in [5.74, 6) is 2.63. The maximum absolute atomic E-state index is 13.6. The molecule has 0 aliphatic carbocycles. The van der Waals surface area contributed by atoms with Crippen LogP contribution in [0.4, 0.5) is 16.0 Å². The number of piperidine rings is 1. The Bertz CT molecular complexity index is 1270. The molecule has 0 radical (unpaired) electrons. The van der Waals surface area contributed by atoms with Gasteiger partial charge in [-0.05, 0) is 55.2 Å². The molecule has 0 saturated carbocycles. The number of hydrogen-bond donors (Lipinski definition) is 1. The van der Waals surface area contributed by atoms with Gasteiger partial charge in [-0.3, -0.25) is 0 Å². The molecule has 1 fully saturated rings. The zero-order valence-electron chi connectivity index (χ0n) is 17.7. The lowest BCUT2D eigenvalue weighted by atomic mass is 9.99. The van der Waals surface area contributed by atoms with E-state index in [4.69, 9.17) is 9.97 Å². The molecule has 5 heterocycles. The van der Waals surface area contributed by atoms with Crippen LogP contribution in [0.25, 0.3) is 21.8 Å². The van der Waals surface area contributed by atoms with E-state index in [1.165, 1.54) is 30.2 Å². The van der Waals surface area contributed by atoms with Crippen LogP contribution < -0.4 is 9.80 Å². The Morgan fingerprint density at radius 3 is 2.74 bits per heavy atom. The van der Waals surface area contributed by atoms with E-state index in [1.54, 1.807) is 6.07 Å². The van der Waals surface area contributed by atoms with Crippen LogP contribution in [-0.4, -0.2) is 34.6 Å². The predicted molar refractivity (Wildman–Crippen MR) is 123 cm³/mol. The predicted octanol–water partition coefficient (Wildman–Crippen LogP) is 5.05. The summed E-state index contributed by atoms with van der Waals surface area (Å²) in [6, 6.07) is 11.5. The Balaban J connectivity index is 1.28. The van der Waals surface area contributed by atoms with E-state index in [2.05, 4.69) is 39.9 Å². The summed E-state index contributed by atoms with van der Waals surface area (Å²) in [6.07, 6.45) is 5.26. The fourth-order valence-electron chi connectivity index (χ4n) is 4.98. The third-order valence-electron chi connectivity index (χ3n) is 6.92. The van der Waals surface area contributed by atoms with E-state index in [1.807, 2.05) is 12.3 Å². The first kappa shape index (κ1) is 18.6. The minimum absolute atomic E-state index is 0.204. The summed E-state index contributed by atoms with van der Waals surface area (Å²) in [5, 5.41) is 2.22. The Morgan fingerprint density at radius 2 is 1.87 bits per heavy atom. The number of aromatic nitrogens is 3. The molecule has 2 aliphatic rings. The minimum atomic E-state index is -0.204. The van der Waals surface area contributed by atoms with Crippen molar-refractivity contribution < 1.29 is 4.39 Å². The van der Waals surface area contributed by atoms with Gasteiger partial charge in [-0.2, -0.15) is 0 Å². The van der Waals surface area contributed by atoms with Crippen molar-refractivity contribution in [2.45, 2.75) is 32.7 Å². The summed E-state index contributed by atoms with van der Waals surface area (Å²) in [7, 11) is 0. The lowest BCUT2D eigenvalue weighted by Crippen LogP contribution is -2.33. The fourth-order valence-corrected chi connectivity index (χ4v) is 4.98. The van der Waals surface area contributed by atoms with Crippen molar-refractivity contribution in [3.63, 3.8) is 0 Å². The number of hydrogen-bond acceptors (Lipinski definition) is 4. The fraction of sp³-hybridized carbons (Fsp3) is 0.360. The van der Waals surface area contributed by atoms with Gasteiger partial charge >= 0.3 is 0 Å². The van der Waals surface area contributed by atoms with Gasteiger partial charge in [0.15, 0.2) is 0 Å². The highest BCUT2D eigenvalue weighted by Crippen LogP contribution is 2.31. The number of aromatic amines is 1. The zero-order chi connectivity index (χ0) is 20.9. The van der Waals surface area contributed by atoms with Crippen LogP contribution in [0.2, 0.25) is 0 Å². The van der Waals surface area contributed by atoms with Gasteiger partial charge in [0.05, 0.1) is 11.7 Å². The van der Waals surface area contributed by atoms with Gasteiger partial charge < -0.3 is 14.8 Å². The second-order valence-corrected chi connectivity index (χ2v) is 9.02. The summed E-state index contributed by atoms with van der Waals surface area (Å²) >= 11 is 0. The Hall–Kier alpha value is -3.15. The van der Waals surface area contributed by atoms with Gasteiger partial charge in [-0.1, -0.05) is 6.92 Å². The smallest absolute Gasteiger partial charge is 0.129 e. The highest BCUT2D eigenvalue weighted by atomic mass is 19.1. The molecule has 3 aromatic heterocycles. The first-order valence-electron chi connectivity index (χ1n) is 11.2. The van der Waals surface area contributed by atoms with Crippen LogP contribution >= 0.6 is 0 Å². The van der Waals surface area contributed by atoms with Gasteiger partial charge in [-0.15, -0.1) is 0 Å². The monoisotopic (exact) mass is 415 g/mol. The molecule has 0 atom stereocenters. The van der Waals surface area contributed by atoms with E-state index in [0.717, 1.165) is 72.0 Å². The summed E-state index contributed by atoms with van der Waals surface area (Å²) in [4.78, 5) is 17.7. The van der Waals surface area contributed by atoms with Crippen LogP contribution in [-0.2, 0) is 13.0 Å². The number of halogens is 1. The summed E-state index contributed by atoms with van der Waals surface area (Å²) in [6.45, 7) is 6.15. The molecule has 4 aromatic rings. The Labute approximate surface area is 180 Å². The average Bonchev–Trinajstić information content (AvgIpc) is 3.15. The lowest BCUT2D eigenvalue weighted by Gasteiger charge is -2.31. The number of rotatable bonds is 2. The summed E-state index contributed by atoms with van der Waals surface area (Å²) in [5.41, 5.74) is 4.28. The molecule has 5 nitrogen and oxygen atoms in total. The molecule has 6 rings (SSSR count). The van der Waals surface area contributed by atoms with Crippen molar-refractivity contribution >= 4 is 33.4 Å². The molecule has 1 aromatic carbocycles. The molecular formula is C25H26FN5. The Morgan fingerprint density at radius 1 is 1.00 bits per heavy atom. The molecule has 6 heteroatoms. The molecule has 1 N–H and O–H groups in total. The summed E-state index contributed by atoms with van der Waals surface area (Å²) < 4.78 is 13.6. The van der Waals surface area contributed by atoms with Crippen LogP contribution in [0.5, 0.6) is 0 Å². The Kier molecular flexibility index (Phi) is 4.33. The van der Waals surface area contributed by atoms with Gasteiger partial charge in [0.25, 0.3) is 0 Å². The largest absolute Gasteiger partial charge is 0.358 e. The van der Waals surface area contributed by atoms with Crippen molar-refractivity contribution in [2.24, 2.45) is 5.92 Å². The van der Waals surface area contributed by atoms with E-state index >= 15 is 0 Å². The zero-order valence-corrected chi connectivity index (χ0v) is 17.7. The van der Waals surface area contributed by atoms with Crippen molar-refractivity contribution in [2.75, 3.05) is 29.4 Å². The lowest BCUT2D eigenvalue weighted by molar-refractivity contribution is 0.437.